The van der Waals surface area contributed by atoms with Gasteiger partial charge in [-0.3, -0.25) is 0 Å². The molecule has 1 saturated heterocycles. The molecule has 3 heteroatoms. The smallest absolute Gasteiger partial charge is 0.0478 e. The normalized spacial score (nSPS) is 22.5. The lowest BCUT2D eigenvalue weighted by atomic mass is 10.1. The molecule has 96 valence electrons. The Morgan fingerprint density at radius 3 is 3.00 bits per heavy atom. The van der Waals surface area contributed by atoms with Gasteiger partial charge in [-0.25, -0.2) is 0 Å². The summed E-state index contributed by atoms with van der Waals surface area (Å²) in [7, 11) is 0. The van der Waals surface area contributed by atoms with E-state index in [1.165, 1.54) is 45.3 Å². The lowest BCUT2D eigenvalue weighted by Gasteiger charge is -2.33. The minimum Gasteiger partial charge on any atom is -0.382 e. The number of likely N-dealkylation sites (tertiary alicyclic amines) is 1. The summed E-state index contributed by atoms with van der Waals surface area (Å²) in [4.78, 5) is 2.58. The minimum absolute atomic E-state index is 0.723. The van der Waals surface area contributed by atoms with Crippen molar-refractivity contribution in [1.82, 2.24) is 10.2 Å². The average Bonchev–Trinajstić information content (AvgIpc) is 2.33. The van der Waals surface area contributed by atoms with E-state index in [0.29, 0.717) is 0 Å². The summed E-state index contributed by atoms with van der Waals surface area (Å²) >= 11 is 0. The second-order valence-corrected chi connectivity index (χ2v) is 4.64. The molecule has 0 aliphatic carbocycles. The van der Waals surface area contributed by atoms with Gasteiger partial charge in [0.05, 0.1) is 0 Å². The van der Waals surface area contributed by atoms with Gasteiger partial charge >= 0.3 is 0 Å². The molecule has 1 atom stereocenters. The maximum absolute atomic E-state index is 5.37. The monoisotopic (exact) mass is 228 g/mol. The van der Waals surface area contributed by atoms with Gasteiger partial charge in [0.15, 0.2) is 0 Å². The number of hydrogen-bond donors (Lipinski definition) is 1. The minimum atomic E-state index is 0.723. The summed E-state index contributed by atoms with van der Waals surface area (Å²) in [5.41, 5.74) is 0. The Morgan fingerprint density at radius 1 is 1.38 bits per heavy atom. The molecule has 0 aromatic heterocycles. The van der Waals surface area contributed by atoms with Crippen LogP contribution >= 0.6 is 0 Å². The Morgan fingerprint density at radius 2 is 2.25 bits per heavy atom. The number of ether oxygens (including phenoxy) is 1. The van der Waals surface area contributed by atoms with Crippen LogP contribution in [0.25, 0.3) is 0 Å². The summed E-state index contributed by atoms with van der Waals surface area (Å²) in [6, 6.07) is 0.723. The number of hydrogen-bond acceptors (Lipinski definition) is 3. The third-order valence-electron chi connectivity index (χ3n) is 3.16. The van der Waals surface area contributed by atoms with Crippen LogP contribution < -0.4 is 5.32 Å². The standard InChI is InChI=1S/C13H28N2O/c1-3-8-14-13-7-5-9-15(12-13)10-6-11-16-4-2/h13-14H,3-12H2,1-2H3. The highest BCUT2D eigenvalue weighted by molar-refractivity contribution is 4.77. The van der Waals surface area contributed by atoms with Gasteiger partial charge in [-0.2, -0.15) is 0 Å². The molecule has 1 unspecified atom stereocenters. The van der Waals surface area contributed by atoms with E-state index >= 15 is 0 Å². The van der Waals surface area contributed by atoms with Gasteiger partial charge in [0.1, 0.15) is 0 Å². The second-order valence-electron chi connectivity index (χ2n) is 4.64. The van der Waals surface area contributed by atoms with Crippen molar-refractivity contribution in [2.75, 3.05) is 39.4 Å². The van der Waals surface area contributed by atoms with Crippen molar-refractivity contribution in [3.05, 3.63) is 0 Å². The molecule has 1 fully saturated rings. The maximum Gasteiger partial charge on any atom is 0.0478 e. The first kappa shape index (κ1) is 13.9. The fraction of sp³-hybridized carbons (Fsp3) is 1.00. The van der Waals surface area contributed by atoms with E-state index in [0.717, 1.165) is 25.8 Å². The number of piperidine rings is 1. The Kier molecular flexibility index (Phi) is 7.81. The molecular weight excluding hydrogens is 200 g/mol. The molecule has 0 radical (unpaired) electrons. The van der Waals surface area contributed by atoms with Crippen molar-refractivity contribution in [3.8, 4) is 0 Å². The van der Waals surface area contributed by atoms with Crippen molar-refractivity contribution in [1.29, 1.82) is 0 Å². The topological polar surface area (TPSA) is 24.5 Å². The molecule has 0 amide bonds. The SMILES string of the molecule is CCCNC1CCCN(CCCOCC)C1. The zero-order valence-electron chi connectivity index (χ0n) is 11.0. The van der Waals surface area contributed by atoms with Crippen LogP contribution in [0.2, 0.25) is 0 Å². The quantitative estimate of drug-likeness (QED) is 0.642. The molecule has 1 heterocycles. The average molecular weight is 228 g/mol. The summed E-state index contributed by atoms with van der Waals surface area (Å²) in [5.74, 6) is 0. The fourth-order valence-corrected chi connectivity index (χ4v) is 2.31. The molecule has 1 aliphatic heterocycles. The van der Waals surface area contributed by atoms with Gasteiger partial charge < -0.3 is 15.0 Å². The van der Waals surface area contributed by atoms with E-state index in [-0.39, 0.29) is 0 Å². The van der Waals surface area contributed by atoms with E-state index in [1.54, 1.807) is 0 Å². The summed E-state index contributed by atoms with van der Waals surface area (Å²) in [5, 5.41) is 3.63. The van der Waals surface area contributed by atoms with E-state index in [2.05, 4.69) is 24.1 Å². The lowest BCUT2D eigenvalue weighted by Crippen LogP contribution is -2.46. The van der Waals surface area contributed by atoms with Crippen LogP contribution in [0.1, 0.15) is 39.5 Å². The van der Waals surface area contributed by atoms with Crippen LogP contribution in [0.15, 0.2) is 0 Å². The highest BCUT2D eigenvalue weighted by atomic mass is 16.5. The number of rotatable bonds is 8. The van der Waals surface area contributed by atoms with Gasteiger partial charge in [-0.05, 0) is 45.7 Å². The molecule has 0 aromatic carbocycles. The highest BCUT2D eigenvalue weighted by Gasteiger charge is 2.18. The van der Waals surface area contributed by atoms with Crippen molar-refractivity contribution in [2.24, 2.45) is 0 Å². The fourth-order valence-electron chi connectivity index (χ4n) is 2.31. The van der Waals surface area contributed by atoms with Gasteiger partial charge in [-0.1, -0.05) is 6.92 Å². The first-order chi connectivity index (χ1) is 7.86. The van der Waals surface area contributed by atoms with Crippen molar-refractivity contribution in [3.63, 3.8) is 0 Å². The molecule has 16 heavy (non-hydrogen) atoms. The Bertz CT molecular complexity index is 164. The summed E-state index contributed by atoms with van der Waals surface area (Å²) < 4.78 is 5.37. The van der Waals surface area contributed by atoms with Crippen molar-refractivity contribution < 1.29 is 4.74 Å². The molecule has 3 nitrogen and oxygen atoms in total. The molecule has 0 spiro atoms. The maximum atomic E-state index is 5.37. The third-order valence-corrected chi connectivity index (χ3v) is 3.16. The Hall–Kier alpha value is -0.120. The number of nitrogens with one attached hydrogen (secondary N) is 1. The third kappa shape index (κ3) is 5.83. The molecule has 0 aromatic rings. The lowest BCUT2D eigenvalue weighted by molar-refractivity contribution is 0.122. The predicted molar refractivity (Wildman–Crippen MR) is 68.9 cm³/mol. The second kappa shape index (κ2) is 8.97. The van der Waals surface area contributed by atoms with Crippen molar-refractivity contribution in [2.45, 2.75) is 45.6 Å². The molecular formula is C13H28N2O. The van der Waals surface area contributed by atoms with Gasteiger partial charge in [-0.15, -0.1) is 0 Å². The van der Waals surface area contributed by atoms with Crippen LogP contribution in [0.5, 0.6) is 0 Å². The van der Waals surface area contributed by atoms with Crippen LogP contribution in [-0.4, -0.2) is 50.3 Å². The zero-order valence-corrected chi connectivity index (χ0v) is 11.0. The van der Waals surface area contributed by atoms with Crippen molar-refractivity contribution >= 4 is 0 Å². The Balaban J connectivity index is 2.07. The first-order valence-corrected chi connectivity index (χ1v) is 6.90. The van der Waals surface area contributed by atoms with E-state index < -0.39 is 0 Å². The summed E-state index contributed by atoms with van der Waals surface area (Å²) in [6.45, 7) is 10.9. The highest BCUT2D eigenvalue weighted by Crippen LogP contribution is 2.10. The van der Waals surface area contributed by atoms with Crippen LogP contribution in [0.3, 0.4) is 0 Å². The molecule has 0 bridgehead atoms. The predicted octanol–water partition coefficient (Wildman–Crippen LogP) is 1.88. The summed E-state index contributed by atoms with van der Waals surface area (Å²) in [6.07, 6.45) is 5.10. The molecule has 1 aliphatic rings. The zero-order chi connectivity index (χ0) is 11.6. The molecule has 0 saturated carbocycles. The first-order valence-electron chi connectivity index (χ1n) is 6.90. The van der Waals surface area contributed by atoms with E-state index in [9.17, 15) is 0 Å². The van der Waals surface area contributed by atoms with E-state index in [4.69, 9.17) is 4.74 Å². The molecule has 1 rings (SSSR count). The molecule has 1 N–H and O–H groups in total. The Labute approximate surface area is 101 Å². The van der Waals surface area contributed by atoms with Gasteiger partial charge in [0.2, 0.25) is 0 Å². The van der Waals surface area contributed by atoms with Crippen LogP contribution in [-0.2, 0) is 4.74 Å². The van der Waals surface area contributed by atoms with E-state index in [1.807, 2.05) is 0 Å². The van der Waals surface area contributed by atoms with Gasteiger partial charge in [0, 0.05) is 32.3 Å². The van der Waals surface area contributed by atoms with Crippen LogP contribution in [0, 0.1) is 0 Å². The number of nitrogens with zero attached hydrogens (tertiary/aromatic N) is 1. The van der Waals surface area contributed by atoms with Crippen LogP contribution in [0.4, 0.5) is 0 Å². The van der Waals surface area contributed by atoms with Gasteiger partial charge in [0.25, 0.3) is 0 Å². The largest absolute Gasteiger partial charge is 0.382 e.